The molecule has 0 spiro atoms. The zero-order valence-corrected chi connectivity index (χ0v) is 12.9. The van der Waals surface area contributed by atoms with Crippen molar-refractivity contribution in [1.82, 2.24) is 4.72 Å². The number of aryl methyl sites for hydroxylation is 2. The lowest BCUT2D eigenvalue weighted by atomic mass is 10.2. The van der Waals surface area contributed by atoms with Crippen molar-refractivity contribution in [2.75, 3.05) is 27.4 Å². The van der Waals surface area contributed by atoms with Gasteiger partial charge in [-0.15, -0.1) is 0 Å². The minimum Gasteiger partial charge on any atom is -0.465 e. The number of aliphatic hydroxyl groups is 1. The third-order valence-electron chi connectivity index (χ3n) is 2.94. The van der Waals surface area contributed by atoms with Crippen LogP contribution in [0, 0.1) is 13.8 Å². The molecule has 1 rings (SSSR count). The lowest BCUT2D eigenvalue weighted by Crippen LogP contribution is -2.36. The molecule has 1 heterocycles. The number of sulfonamides is 1. The second-order valence-electron chi connectivity index (χ2n) is 4.35. The number of hydrogen-bond acceptors (Lipinski definition) is 6. The maximum atomic E-state index is 12.3. The summed E-state index contributed by atoms with van der Waals surface area (Å²) in [5, 5.41) is 9.29. The minimum atomic E-state index is -3.78. The molecule has 8 heteroatoms. The fourth-order valence-corrected chi connectivity index (χ4v) is 3.42. The Hall–Kier alpha value is -0.930. The lowest BCUT2D eigenvalue weighted by Gasteiger charge is -2.15. The third-order valence-corrected chi connectivity index (χ3v) is 4.56. The van der Waals surface area contributed by atoms with Gasteiger partial charge in [-0.2, -0.15) is 0 Å². The van der Waals surface area contributed by atoms with Crippen LogP contribution >= 0.6 is 0 Å². The molecule has 0 bridgehead atoms. The number of nitrogens with one attached hydrogen (secondary N) is 1. The van der Waals surface area contributed by atoms with E-state index >= 15 is 0 Å². The van der Waals surface area contributed by atoms with Gasteiger partial charge in [-0.25, -0.2) is 13.1 Å². The Morgan fingerprint density at radius 1 is 1.30 bits per heavy atom. The summed E-state index contributed by atoms with van der Waals surface area (Å²) < 4.78 is 42.3. The smallest absolute Gasteiger partial charge is 0.244 e. The third kappa shape index (κ3) is 3.80. The summed E-state index contributed by atoms with van der Waals surface area (Å²) in [6.45, 7) is 3.10. The summed E-state index contributed by atoms with van der Waals surface area (Å²) in [6.07, 6.45) is -0.388. The molecule has 1 unspecified atom stereocenters. The van der Waals surface area contributed by atoms with Gasteiger partial charge >= 0.3 is 0 Å². The summed E-state index contributed by atoms with van der Waals surface area (Å²) in [6, 6.07) is 0. The largest absolute Gasteiger partial charge is 0.465 e. The van der Waals surface area contributed by atoms with Gasteiger partial charge in [0.05, 0.1) is 19.3 Å². The molecule has 0 saturated heterocycles. The van der Waals surface area contributed by atoms with Gasteiger partial charge < -0.3 is 19.0 Å². The van der Waals surface area contributed by atoms with Crippen molar-refractivity contribution in [2.24, 2.45) is 0 Å². The maximum Gasteiger partial charge on any atom is 0.244 e. The summed E-state index contributed by atoms with van der Waals surface area (Å²) >= 11 is 0. The number of rotatable bonds is 8. The van der Waals surface area contributed by atoms with Crippen LogP contribution in [-0.2, 0) is 26.1 Å². The number of aliphatic hydroxyl groups excluding tert-OH is 1. The van der Waals surface area contributed by atoms with Crippen LogP contribution in [0.25, 0.3) is 0 Å². The molecule has 1 aromatic heterocycles. The summed E-state index contributed by atoms with van der Waals surface area (Å²) in [5.74, 6) is 0.644. The lowest BCUT2D eigenvalue weighted by molar-refractivity contribution is 0.0320. The van der Waals surface area contributed by atoms with E-state index < -0.39 is 16.6 Å². The van der Waals surface area contributed by atoms with E-state index in [-0.39, 0.29) is 35.5 Å². The average molecular weight is 307 g/mol. The summed E-state index contributed by atoms with van der Waals surface area (Å²) in [5.41, 5.74) is 0.274. The van der Waals surface area contributed by atoms with Crippen molar-refractivity contribution >= 4 is 10.0 Å². The highest BCUT2D eigenvalue weighted by molar-refractivity contribution is 7.89. The molecule has 0 aliphatic heterocycles. The van der Waals surface area contributed by atoms with Gasteiger partial charge in [-0.05, 0) is 13.8 Å². The van der Waals surface area contributed by atoms with Crippen molar-refractivity contribution in [3.63, 3.8) is 0 Å². The van der Waals surface area contributed by atoms with Gasteiger partial charge in [0.15, 0.2) is 0 Å². The van der Waals surface area contributed by atoms with E-state index in [1.807, 2.05) is 0 Å². The monoisotopic (exact) mass is 307 g/mol. The SMILES string of the molecule is COCC(CNS(=O)(=O)c1c(C)oc(C)c1CO)OC. The maximum absolute atomic E-state index is 12.3. The molecule has 0 aliphatic rings. The minimum absolute atomic E-state index is 0.00947. The van der Waals surface area contributed by atoms with Crippen LogP contribution in [0.3, 0.4) is 0 Å². The Bertz CT molecular complexity index is 536. The Kier molecular flexibility index (Phi) is 6.15. The van der Waals surface area contributed by atoms with Crippen molar-refractivity contribution in [3.05, 3.63) is 17.1 Å². The standard InChI is InChI=1S/C12H21NO6S/c1-8-11(6-14)12(9(2)19-8)20(15,16)13-5-10(18-4)7-17-3/h10,13-14H,5-7H2,1-4H3. The van der Waals surface area contributed by atoms with Crippen LogP contribution in [0.4, 0.5) is 0 Å². The first kappa shape index (κ1) is 17.1. The van der Waals surface area contributed by atoms with Gasteiger partial charge in [0.25, 0.3) is 0 Å². The van der Waals surface area contributed by atoms with Gasteiger partial charge in [-0.3, -0.25) is 0 Å². The predicted octanol–water partition coefficient (Wildman–Crippen LogP) is 0.328. The van der Waals surface area contributed by atoms with E-state index in [4.69, 9.17) is 13.9 Å². The number of methoxy groups -OCH3 is 2. The van der Waals surface area contributed by atoms with E-state index in [0.29, 0.717) is 5.76 Å². The summed E-state index contributed by atoms with van der Waals surface area (Å²) in [4.78, 5) is -0.00947. The first-order chi connectivity index (χ1) is 9.37. The first-order valence-electron chi connectivity index (χ1n) is 6.08. The van der Waals surface area contributed by atoms with Crippen LogP contribution in [0.2, 0.25) is 0 Å². The van der Waals surface area contributed by atoms with Crippen LogP contribution in [0.5, 0.6) is 0 Å². The Balaban J connectivity index is 2.94. The molecule has 1 aromatic rings. The van der Waals surface area contributed by atoms with Gasteiger partial charge in [0.2, 0.25) is 10.0 Å². The first-order valence-corrected chi connectivity index (χ1v) is 7.56. The molecule has 0 amide bonds. The number of ether oxygens (including phenoxy) is 2. The molecular formula is C12H21NO6S. The highest BCUT2D eigenvalue weighted by atomic mass is 32.2. The highest BCUT2D eigenvalue weighted by Crippen LogP contribution is 2.26. The molecule has 7 nitrogen and oxygen atoms in total. The van der Waals surface area contributed by atoms with E-state index in [0.717, 1.165) is 0 Å². The second kappa shape index (κ2) is 7.19. The van der Waals surface area contributed by atoms with Crippen molar-refractivity contribution in [1.29, 1.82) is 0 Å². The molecule has 0 saturated carbocycles. The molecule has 1 atom stereocenters. The van der Waals surface area contributed by atoms with Crippen molar-refractivity contribution < 1.29 is 27.4 Å². The zero-order valence-electron chi connectivity index (χ0n) is 12.1. The second-order valence-corrected chi connectivity index (χ2v) is 6.05. The van der Waals surface area contributed by atoms with Crippen LogP contribution in [0.1, 0.15) is 17.1 Å². The van der Waals surface area contributed by atoms with Crippen molar-refractivity contribution in [2.45, 2.75) is 31.5 Å². The molecule has 0 aliphatic carbocycles. The zero-order chi connectivity index (χ0) is 15.3. The normalized spacial score (nSPS) is 13.7. The predicted molar refractivity (Wildman–Crippen MR) is 72.0 cm³/mol. The number of hydrogen-bond donors (Lipinski definition) is 2. The highest BCUT2D eigenvalue weighted by Gasteiger charge is 2.27. The molecule has 0 fully saturated rings. The Labute approximate surface area is 118 Å². The van der Waals surface area contributed by atoms with Gasteiger partial charge in [0.1, 0.15) is 16.4 Å². The fourth-order valence-electron chi connectivity index (χ4n) is 1.92. The van der Waals surface area contributed by atoms with E-state index in [9.17, 15) is 13.5 Å². The summed E-state index contributed by atoms with van der Waals surface area (Å²) in [7, 11) is -0.791. The van der Waals surface area contributed by atoms with Gasteiger partial charge in [-0.1, -0.05) is 0 Å². The molecule has 20 heavy (non-hydrogen) atoms. The molecular weight excluding hydrogens is 286 g/mol. The van der Waals surface area contributed by atoms with Crippen LogP contribution < -0.4 is 4.72 Å². The van der Waals surface area contributed by atoms with Crippen LogP contribution in [0.15, 0.2) is 9.31 Å². The van der Waals surface area contributed by atoms with Crippen molar-refractivity contribution in [3.8, 4) is 0 Å². The molecule has 2 N–H and O–H groups in total. The Morgan fingerprint density at radius 3 is 2.45 bits per heavy atom. The number of furan rings is 1. The molecule has 0 aromatic carbocycles. The van der Waals surface area contributed by atoms with Crippen LogP contribution in [-0.4, -0.2) is 47.0 Å². The van der Waals surface area contributed by atoms with Gasteiger partial charge in [0, 0.05) is 26.3 Å². The Morgan fingerprint density at radius 2 is 1.95 bits per heavy atom. The quantitative estimate of drug-likeness (QED) is 0.718. The molecule has 0 radical (unpaired) electrons. The van der Waals surface area contributed by atoms with E-state index in [2.05, 4.69) is 4.72 Å². The topological polar surface area (TPSA) is 98.0 Å². The average Bonchev–Trinajstić information content (AvgIpc) is 2.69. The van der Waals surface area contributed by atoms with E-state index in [1.165, 1.54) is 14.2 Å². The fraction of sp³-hybridized carbons (Fsp3) is 0.667. The van der Waals surface area contributed by atoms with E-state index in [1.54, 1.807) is 13.8 Å². The molecule has 116 valence electrons.